The van der Waals surface area contributed by atoms with Crippen molar-refractivity contribution in [3.63, 3.8) is 0 Å². The lowest BCUT2D eigenvalue weighted by atomic mass is 10.1. The van der Waals surface area contributed by atoms with Gasteiger partial charge in [-0.3, -0.25) is 14.3 Å². The molecule has 38 heavy (non-hydrogen) atoms. The minimum Gasteiger partial charge on any atom is -0.425 e. The van der Waals surface area contributed by atoms with Crippen molar-refractivity contribution in [1.82, 2.24) is 14.5 Å². The fourth-order valence-electron chi connectivity index (χ4n) is 4.31. The number of anilines is 1. The van der Waals surface area contributed by atoms with Gasteiger partial charge in [0.1, 0.15) is 5.75 Å². The highest BCUT2D eigenvalue weighted by Crippen LogP contribution is 2.37. The molecule has 0 spiro atoms. The number of ether oxygens (including phenoxy) is 1. The largest absolute Gasteiger partial charge is 0.425 e. The Morgan fingerprint density at radius 1 is 1.00 bits per heavy atom. The third-order valence-electron chi connectivity index (χ3n) is 6.34. The summed E-state index contributed by atoms with van der Waals surface area (Å²) in [6, 6.07) is 22.0. The third kappa shape index (κ3) is 5.07. The fourth-order valence-corrected chi connectivity index (χ4v) is 4.43. The van der Waals surface area contributed by atoms with E-state index in [1.807, 2.05) is 42.5 Å². The van der Waals surface area contributed by atoms with E-state index in [-0.39, 0.29) is 41.9 Å². The van der Waals surface area contributed by atoms with Gasteiger partial charge in [0, 0.05) is 24.6 Å². The second kappa shape index (κ2) is 10.1. The molecule has 1 amide bonds. The molecule has 1 aliphatic heterocycles. The van der Waals surface area contributed by atoms with Crippen LogP contribution in [0.3, 0.4) is 0 Å². The van der Waals surface area contributed by atoms with Crippen LogP contribution in [0.1, 0.15) is 34.1 Å². The fraction of sp³-hybridized carbons (Fsp3) is 0.214. The molecule has 7 nitrogen and oxygen atoms in total. The number of benzene rings is 3. The highest BCUT2D eigenvalue weighted by molar-refractivity contribution is 6.30. The number of hydrogen-bond donors (Lipinski definition) is 1. The maximum absolute atomic E-state index is 14.0. The lowest BCUT2D eigenvalue weighted by molar-refractivity contribution is -0.000832. The summed E-state index contributed by atoms with van der Waals surface area (Å²) in [5.41, 5.74) is 1.64. The van der Waals surface area contributed by atoms with Gasteiger partial charge in [-0.05, 0) is 35.4 Å². The summed E-state index contributed by atoms with van der Waals surface area (Å²) in [7, 11) is 1.62. The summed E-state index contributed by atoms with van der Waals surface area (Å²) in [5, 5.41) is 11.6. The van der Waals surface area contributed by atoms with Gasteiger partial charge < -0.3 is 14.7 Å². The minimum atomic E-state index is -3.06. The maximum atomic E-state index is 14.0. The van der Waals surface area contributed by atoms with E-state index in [1.54, 1.807) is 23.7 Å². The van der Waals surface area contributed by atoms with Crippen LogP contribution in [0.15, 0.2) is 78.9 Å². The molecule has 1 aliphatic rings. The SMILES string of the molecule is CN1c2nc(Oc3cccc(C(C)(F)F)c3)n(Cc3ccc(Cl)cc3)c2C(=O)N(Cc2ccccc2)C1O. The highest BCUT2D eigenvalue weighted by atomic mass is 35.5. The Bertz CT molecular complexity index is 1460. The topological polar surface area (TPSA) is 70.8 Å². The van der Waals surface area contributed by atoms with Gasteiger partial charge in [-0.2, -0.15) is 4.98 Å². The monoisotopic (exact) mass is 538 g/mol. The van der Waals surface area contributed by atoms with Crippen LogP contribution < -0.4 is 9.64 Å². The molecule has 3 aromatic carbocycles. The van der Waals surface area contributed by atoms with Crippen molar-refractivity contribution in [1.29, 1.82) is 0 Å². The summed E-state index contributed by atoms with van der Waals surface area (Å²) in [4.78, 5) is 21.1. The van der Waals surface area contributed by atoms with Crippen molar-refractivity contribution >= 4 is 23.3 Å². The number of aromatic nitrogens is 2. The third-order valence-corrected chi connectivity index (χ3v) is 6.59. The molecular formula is C28H25ClF2N4O3. The van der Waals surface area contributed by atoms with Crippen molar-refractivity contribution in [2.24, 2.45) is 0 Å². The summed E-state index contributed by atoms with van der Waals surface area (Å²) in [6.45, 7) is 1.16. The molecule has 2 heterocycles. The number of fused-ring (bicyclic) bond motifs is 1. The lowest BCUT2D eigenvalue weighted by Gasteiger charge is -2.38. The average molecular weight is 539 g/mol. The number of nitrogens with zero attached hydrogens (tertiary/aromatic N) is 4. The normalized spacial score (nSPS) is 15.5. The van der Waals surface area contributed by atoms with Gasteiger partial charge in [0.05, 0.1) is 13.1 Å². The molecule has 4 aromatic rings. The second-order valence-electron chi connectivity index (χ2n) is 9.17. The van der Waals surface area contributed by atoms with Crippen LogP contribution in [0.5, 0.6) is 11.8 Å². The van der Waals surface area contributed by atoms with Gasteiger partial charge in [-0.15, -0.1) is 0 Å². The van der Waals surface area contributed by atoms with Crippen LogP contribution in [0.4, 0.5) is 14.6 Å². The maximum Gasteiger partial charge on any atom is 0.304 e. The zero-order chi connectivity index (χ0) is 27.0. The van der Waals surface area contributed by atoms with Gasteiger partial charge in [-0.1, -0.05) is 66.2 Å². The standard InChI is InChI=1S/C28H25ClF2N4O3/c1-28(30,31)20-9-6-10-22(15-20)38-26-32-24-23(34(26)16-19-11-13-21(29)14-12-19)25(36)35(27(37)33(24)2)17-18-7-4-3-5-8-18/h3-15,27,37H,16-17H2,1-2H3. The first kappa shape index (κ1) is 25.7. The predicted octanol–water partition coefficient (Wildman–Crippen LogP) is 5.86. The number of carbonyl (C=O) groups is 1. The van der Waals surface area contributed by atoms with Crippen LogP contribution in [0, 0.1) is 0 Å². The smallest absolute Gasteiger partial charge is 0.304 e. The second-order valence-corrected chi connectivity index (χ2v) is 9.61. The Morgan fingerprint density at radius 2 is 1.68 bits per heavy atom. The molecule has 1 aromatic heterocycles. The van der Waals surface area contributed by atoms with Gasteiger partial charge in [-0.25, -0.2) is 8.78 Å². The molecule has 1 atom stereocenters. The summed E-state index contributed by atoms with van der Waals surface area (Å²) >= 11 is 6.05. The number of carbonyl (C=O) groups excluding carboxylic acids is 1. The van der Waals surface area contributed by atoms with Crippen molar-refractivity contribution in [3.8, 4) is 11.8 Å². The minimum absolute atomic E-state index is 0.0236. The first-order chi connectivity index (χ1) is 18.1. The molecule has 196 valence electrons. The molecule has 0 radical (unpaired) electrons. The molecule has 0 fully saturated rings. The number of rotatable bonds is 7. The molecule has 0 saturated carbocycles. The summed E-state index contributed by atoms with van der Waals surface area (Å²) in [6.07, 6.45) is -1.27. The highest BCUT2D eigenvalue weighted by Gasteiger charge is 2.40. The quantitative estimate of drug-likeness (QED) is 0.319. The molecule has 5 rings (SSSR count). The predicted molar refractivity (Wildman–Crippen MR) is 140 cm³/mol. The van der Waals surface area contributed by atoms with E-state index in [2.05, 4.69) is 4.98 Å². The molecular weight excluding hydrogens is 514 g/mol. The van der Waals surface area contributed by atoms with Crippen molar-refractivity contribution in [2.75, 3.05) is 11.9 Å². The summed E-state index contributed by atoms with van der Waals surface area (Å²) < 4.78 is 35.5. The Hall–Kier alpha value is -3.95. The van der Waals surface area contributed by atoms with Crippen LogP contribution in [0.25, 0.3) is 0 Å². The van der Waals surface area contributed by atoms with Gasteiger partial charge >= 0.3 is 6.01 Å². The molecule has 0 aliphatic carbocycles. The number of halogens is 3. The Morgan fingerprint density at radius 3 is 2.37 bits per heavy atom. The van der Waals surface area contributed by atoms with Crippen molar-refractivity contribution in [3.05, 3.63) is 106 Å². The Balaban J connectivity index is 1.58. The van der Waals surface area contributed by atoms with Crippen LogP contribution in [-0.4, -0.2) is 38.9 Å². The van der Waals surface area contributed by atoms with Crippen LogP contribution in [-0.2, 0) is 19.0 Å². The molecule has 1 N–H and O–H groups in total. The van der Waals surface area contributed by atoms with Crippen LogP contribution >= 0.6 is 11.6 Å². The Kier molecular flexibility index (Phi) is 6.81. The Labute approximate surface area is 223 Å². The molecule has 0 saturated heterocycles. The van der Waals surface area contributed by atoms with Crippen molar-refractivity contribution < 1.29 is 23.4 Å². The van der Waals surface area contributed by atoms with E-state index >= 15 is 0 Å². The first-order valence-electron chi connectivity index (χ1n) is 11.9. The average Bonchev–Trinajstić information content (AvgIpc) is 3.24. The number of hydrogen-bond acceptors (Lipinski definition) is 5. The van der Waals surface area contributed by atoms with E-state index in [0.29, 0.717) is 5.02 Å². The number of aliphatic hydroxyl groups excluding tert-OH is 1. The van der Waals surface area contributed by atoms with Gasteiger partial charge in [0.2, 0.25) is 6.35 Å². The van der Waals surface area contributed by atoms with E-state index in [1.165, 1.54) is 34.1 Å². The number of imidazole rings is 1. The van der Waals surface area contributed by atoms with E-state index in [0.717, 1.165) is 18.1 Å². The summed E-state index contributed by atoms with van der Waals surface area (Å²) in [5.74, 6) is -3.15. The zero-order valence-corrected chi connectivity index (χ0v) is 21.4. The number of amides is 1. The zero-order valence-electron chi connectivity index (χ0n) is 20.7. The number of aliphatic hydroxyl groups is 1. The van der Waals surface area contributed by atoms with Crippen molar-refractivity contribution in [2.45, 2.75) is 32.3 Å². The van der Waals surface area contributed by atoms with E-state index < -0.39 is 18.2 Å². The van der Waals surface area contributed by atoms with Crippen LogP contribution in [0.2, 0.25) is 5.02 Å². The molecule has 0 bridgehead atoms. The van der Waals surface area contributed by atoms with E-state index in [9.17, 15) is 18.7 Å². The molecule has 10 heteroatoms. The first-order valence-corrected chi connectivity index (χ1v) is 12.3. The number of alkyl halides is 2. The lowest BCUT2D eigenvalue weighted by Crippen LogP contribution is -2.53. The van der Waals surface area contributed by atoms with Gasteiger partial charge in [0.15, 0.2) is 11.5 Å². The van der Waals surface area contributed by atoms with E-state index in [4.69, 9.17) is 16.3 Å². The van der Waals surface area contributed by atoms with Gasteiger partial charge in [0.25, 0.3) is 11.8 Å². The molecule has 1 unspecified atom stereocenters.